The summed E-state index contributed by atoms with van der Waals surface area (Å²) in [6.07, 6.45) is 0.874. The summed E-state index contributed by atoms with van der Waals surface area (Å²) in [7, 11) is 1.78. The van der Waals surface area contributed by atoms with Crippen molar-refractivity contribution < 1.29 is 9.47 Å². The first-order valence-corrected chi connectivity index (χ1v) is 9.13. The third kappa shape index (κ3) is 8.07. The van der Waals surface area contributed by atoms with Crippen molar-refractivity contribution in [1.29, 1.82) is 0 Å². The number of aliphatic imine (C=N–C) groups is 1. The van der Waals surface area contributed by atoms with Crippen LogP contribution in [-0.2, 0) is 13.0 Å². The van der Waals surface area contributed by atoms with Crippen LogP contribution in [0, 0.1) is 0 Å². The number of benzene rings is 2. The van der Waals surface area contributed by atoms with Gasteiger partial charge in [-0.2, -0.15) is 0 Å². The standard InChI is InChI=1S/C21H29N3O2.HI/c1-4-25-19-12-11-17(15-20(19)26-5-2)13-14-23-21(22-3)24-16-18-9-7-6-8-10-18;/h6-12,15H,4-5,13-14,16H2,1-3H3,(H2,22,23,24);1H. The molecule has 0 aromatic heterocycles. The minimum atomic E-state index is 0. The van der Waals surface area contributed by atoms with Crippen molar-refractivity contribution in [2.75, 3.05) is 26.8 Å². The molecule has 148 valence electrons. The SMILES string of the molecule is CCOc1ccc(CCNC(=NC)NCc2ccccc2)cc1OCC.I. The Labute approximate surface area is 179 Å². The highest BCUT2D eigenvalue weighted by Crippen LogP contribution is 2.28. The number of guanidine groups is 1. The van der Waals surface area contributed by atoms with E-state index in [4.69, 9.17) is 9.47 Å². The molecule has 27 heavy (non-hydrogen) atoms. The van der Waals surface area contributed by atoms with E-state index in [1.165, 1.54) is 11.1 Å². The van der Waals surface area contributed by atoms with Crippen LogP contribution in [0.1, 0.15) is 25.0 Å². The zero-order valence-corrected chi connectivity index (χ0v) is 18.7. The highest BCUT2D eigenvalue weighted by Gasteiger charge is 2.06. The van der Waals surface area contributed by atoms with E-state index in [0.717, 1.165) is 37.0 Å². The number of ether oxygens (including phenoxy) is 2. The normalized spacial score (nSPS) is 10.7. The molecule has 0 unspecified atom stereocenters. The molecule has 0 saturated carbocycles. The first kappa shape index (κ1) is 23.1. The van der Waals surface area contributed by atoms with Gasteiger partial charge in [0.05, 0.1) is 13.2 Å². The van der Waals surface area contributed by atoms with Crippen molar-refractivity contribution in [2.24, 2.45) is 4.99 Å². The van der Waals surface area contributed by atoms with Gasteiger partial charge in [-0.1, -0.05) is 36.4 Å². The molecule has 5 nitrogen and oxygen atoms in total. The second-order valence-corrected chi connectivity index (χ2v) is 5.74. The molecule has 2 N–H and O–H groups in total. The van der Waals surface area contributed by atoms with Crippen LogP contribution in [0.3, 0.4) is 0 Å². The fourth-order valence-corrected chi connectivity index (χ4v) is 2.58. The molecule has 0 heterocycles. The molecule has 0 aliphatic heterocycles. The molecular weight excluding hydrogens is 453 g/mol. The van der Waals surface area contributed by atoms with Gasteiger partial charge in [-0.25, -0.2) is 0 Å². The lowest BCUT2D eigenvalue weighted by Crippen LogP contribution is -2.37. The summed E-state index contributed by atoms with van der Waals surface area (Å²) < 4.78 is 11.3. The fraction of sp³-hybridized carbons (Fsp3) is 0.381. The minimum Gasteiger partial charge on any atom is -0.490 e. The van der Waals surface area contributed by atoms with Crippen molar-refractivity contribution in [1.82, 2.24) is 10.6 Å². The number of hydrogen-bond acceptors (Lipinski definition) is 3. The van der Waals surface area contributed by atoms with E-state index in [-0.39, 0.29) is 24.0 Å². The maximum atomic E-state index is 5.68. The minimum absolute atomic E-state index is 0. The van der Waals surface area contributed by atoms with Crippen molar-refractivity contribution >= 4 is 29.9 Å². The smallest absolute Gasteiger partial charge is 0.191 e. The van der Waals surface area contributed by atoms with Gasteiger partial charge in [-0.15, -0.1) is 24.0 Å². The van der Waals surface area contributed by atoms with Gasteiger partial charge in [0.1, 0.15) is 0 Å². The van der Waals surface area contributed by atoms with Gasteiger partial charge in [-0.3, -0.25) is 4.99 Å². The molecule has 0 spiro atoms. The number of nitrogens with zero attached hydrogens (tertiary/aromatic N) is 1. The van der Waals surface area contributed by atoms with Crippen LogP contribution >= 0.6 is 24.0 Å². The Bertz CT molecular complexity index is 693. The Morgan fingerprint density at radius 1 is 0.889 bits per heavy atom. The van der Waals surface area contributed by atoms with Crippen LogP contribution in [0.15, 0.2) is 53.5 Å². The van der Waals surface area contributed by atoms with Crippen molar-refractivity contribution in [3.63, 3.8) is 0 Å². The molecule has 2 rings (SSSR count). The topological polar surface area (TPSA) is 54.9 Å². The van der Waals surface area contributed by atoms with E-state index < -0.39 is 0 Å². The molecule has 0 aliphatic carbocycles. The Morgan fingerprint density at radius 3 is 2.26 bits per heavy atom. The summed E-state index contributed by atoms with van der Waals surface area (Å²) in [5.41, 5.74) is 2.42. The highest BCUT2D eigenvalue weighted by atomic mass is 127. The Morgan fingerprint density at radius 2 is 1.59 bits per heavy atom. The predicted molar refractivity (Wildman–Crippen MR) is 123 cm³/mol. The lowest BCUT2D eigenvalue weighted by molar-refractivity contribution is 0.287. The molecule has 2 aromatic carbocycles. The molecule has 0 saturated heterocycles. The average Bonchev–Trinajstić information content (AvgIpc) is 2.67. The maximum Gasteiger partial charge on any atom is 0.191 e. The highest BCUT2D eigenvalue weighted by molar-refractivity contribution is 14.0. The summed E-state index contributed by atoms with van der Waals surface area (Å²) in [6, 6.07) is 16.4. The lowest BCUT2D eigenvalue weighted by Gasteiger charge is -2.14. The molecule has 0 aliphatic rings. The van der Waals surface area contributed by atoms with Gasteiger partial charge >= 0.3 is 0 Å². The summed E-state index contributed by atoms with van der Waals surface area (Å²) in [6.45, 7) is 6.74. The number of hydrogen-bond donors (Lipinski definition) is 2. The van der Waals surface area contributed by atoms with Crippen molar-refractivity contribution in [3.8, 4) is 11.5 Å². The van der Waals surface area contributed by atoms with E-state index in [9.17, 15) is 0 Å². The summed E-state index contributed by atoms with van der Waals surface area (Å²) >= 11 is 0. The Kier molecular flexibility index (Phi) is 11.3. The van der Waals surface area contributed by atoms with Crippen LogP contribution in [0.2, 0.25) is 0 Å². The van der Waals surface area contributed by atoms with E-state index in [0.29, 0.717) is 13.2 Å². The fourth-order valence-electron chi connectivity index (χ4n) is 2.58. The second kappa shape index (κ2) is 13.2. The van der Waals surface area contributed by atoms with E-state index in [1.807, 2.05) is 38.1 Å². The molecule has 2 aromatic rings. The number of rotatable bonds is 9. The molecule has 0 fully saturated rings. The first-order chi connectivity index (χ1) is 12.8. The quantitative estimate of drug-likeness (QED) is 0.322. The van der Waals surface area contributed by atoms with Crippen LogP contribution < -0.4 is 20.1 Å². The van der Waals surface area contributed by atoms with Gasteiger partial charge in [0.2, 0.25) is 0 Å². The van der Waals surface area contributed by atoms with Crippen molar-refractivity contribution in [2.45, 2.75) is 26.8 Å². The predicted octanol–water partition coefficient (Wildman–Crippen LogP) is 4.01. The molecule has 0 radical (unpaired) electrons. The van der Waals surface area contributed by atoms with Crippen LogP contribution in [-0.4, -0.2) is 32.8 Å². The van der Waals surface area contributed by atoms with Gasteiger partial charge in [-0.05, 0) is 43.5 Å². The lowest BCUT2D eigenvalue weighted by atomic mass is 10.1. The van der Waals surface area contributed by atoms with Gasteiger partial charge in [0.15, 0.2) is 17.5 Å². The van der Waals surface area contributed by atoms with E-state index in [2.05, 4.69) is 39.9 Å². The largest absolute Gasteiger partial charge is 0.490 e. The van der Waals surface area contributed by atoms with E-state index >= 15 is 0 Å². The second-order valence-electron chi connectivity index (χ2n) is 5.74. The zero-order valence-electron chi connectivity index (χ0n) is 16.3. The third-order valence-electron chi connectivity index (χ3n) is 3.84. The molecule has 6 heteroatoms. The molecular formula is C21H30IN3O2. The Balaban J connectivity index is 0.00000364. The van der Waals surface area contributed by atoms with Gasteiger partial charge in [0, 0.05) is 20.1 Å². The molecule has 0 atom stereocenters. The summed E-state index contributed by atoms with van der Waals surface area (Å²) in [4.78, 5) is 4.27. The first-order valence-electron chi connectivity index (χ1n) is 9.13. The zero-order chi connectivity index (χ0) is 18.6. The monoisotopic (exact) mass is 483 g/mol. The van der Waals surface area contributed by atoms with Gasteiger partial charge in [0.25, 0.3) is 0 Å². The Hall–Kier alpha value is -1.96. The van der Waals surface area contributed by atoms with Crippen molar-refractivity contribution in [3.05, 3.63) is 59.7 Å². The summed E-state index contributed by atoms with van der Waals surface area (Å²) in [5, 5.41) is 6.67. The van der Waals surface area contributed by atoms with Crippen LogP contribution in [0.25, 0.3) is 0 Å². The molecule has 0 amide bonds. The maximum absolute atomic E-state index is 5.68. The van der Waals surface area contributed by atoms with Crippen LogP contribution in [0.5, 0.6) is 11.5 Å². The van der Waals surface area contributed by atoms with E-state index in [1.54, 1.807) is 7.05 Å². The van der Waals surface area contributed by atoms with Gasteiger partial charge < -0.3 is 20.1 Å². The molecule has 0 bridgehead atoms. The summed E-state index contributed by atoms with van der Waals surface area (Å²) in [5.74, 6) is 2.40. The average molecular weight is 483 g/mol. The number of halogens is 1. The number of nitrogens with one attached hydrogen (secondary N) is 2. The third-order valence-corrected chi connectivity index (χ3v) is 3.84. The van der Waals surface area contributed by atoms with Crippen LogP contribution in [0.4, 0.5) is 0 Å².